The van der Waals surface area contributed by atoms with Crippen molar-refractivity contribution in [3.63, 3.8) is 0 Å². The average molecular weight is 478 g/mol. The molecule has 1 aliphatic carbocycles. The molecule has 4 rings (SSSR count). The van der Waals surface area contributed by atoms with Crippen LogP contribution in [-0.4, -0.2) is 50.2 Å². The number of amides is 2. The standard InChI is InChI=1S/C25H27N5O5/c1-3-25(2,23(33)26-12-16-13-30(29-28-16)14-22(31)32)27-24(34)35-15-21-19-10-6-4-8-17(19)18-9-5-7-11-20(18)21/h4-11,13,21H,3,12,14-15H2,1-2H3,(H,26,33)(H,27,34)(H,31,32). The van der Waals surface area contributed by atoms with Crippen molar-refractivity contribution in [1.29, 1.82) is 0 Å². The van der Waals surface area contributed by atoms with Gasteiger partial charge in [-0.3, -0.25) is 9.59 Å². The molecule has 0 fully saturated rings. The van der Waals surface area contributed by atoms with Gasteiger partial charge in [-0.15, -0.1) is 5.10 Å². The molecule has 10 heteroatoms. The summed E-state index contributed by atoms with van der Waals surface area (Å²) < 4.78 is 6.74. The SMILES string of the molecule is CCC(C)(NC(=O)OCC1c2ccccc2-c2ccccc21)C(=O)NCc1cn(CC(=O)O)nn1. The van der Waals surface area contributed by atoms with Crippen LogP contribution < -0.4 is 10.6 Å². The summed E-state index contributed by atoms with van der Waals surface area (Å²) in [5.74, 6) is -1.54. The molecule has 0 radical (unpaired) electrons. The lowest BCUT2D eigenvalue weighted by molar-refractivity contribution is -0.138. The molecule has 1 aromatic heterocycles. The Labute approximate surface area is 202 Å². The molecule has 35 heavy (non-hydrogen) atoms. The summed E-state index contributed by atoms with van der Waals surface area (Å²) in [4.78, 5) is 36.3. The lowest BCUT2D eigenvalue weighted by Gasteiger charge is -2.28. The Bertz CT molecular complexity index is 1210. The van der Waals surface area contributed by atoms with Crippen LogP contribution in [0.2, 0.25) is 0 Å². The molecule has 2 aromatic carbocycles. The van der Waals surface area contributed by atoms with Crippen LogP contribution >= 0.6 is 0 Å². The number of aromatic nitrogens is 3. The van der Waals surface area contributed by atoms with E-state index in [0.717, 1.165) is 26.9 Å². The minimum absolute atomic E-state index is 0.0421. The van der Waals surface area contributed by atoms with Gasteiger partial charge in [0, 0.05) is 5.92 Å². The van der Waals surface area contributed by atoms with E-state index in [1.807, 2.05) is 36.4 Å². The molecule has 1 aliphatic rings. The van der Waals surface area contributed by atoms with E-state index in [1.54, 1.807) is 13.8 Å². The molecule has 0 bridgehead atoms. The molecule has 1 unspecified atom stereocenters. The molecule has 182 valence electrons. The van der Waals surface area contributed by atoms with Crippen LogP contribution in [0.5, 0.6) is 0 Å². The number of carbonyl (C=O) groups is 3. The van der Waals surface area contributed by atoms with Gasteiger partial charge in [-0.05, 0) is 35.6 Å². The largest absolute Gasteiger partial charge is 0.480 e. The number of fused-ring (bicyclic) bond motifs is 3. The van der Waals surface area contributed by atoms with Gasteiger partial charge in [0.05, 0.1) is 12.7 Å². The van der Waals surface area contributed by atoms with E-state index in [9.17, 15) is 14.4 Å². The third-order valence-corrected chi connectivity index (χ3v) is 6.24. The van der Waals surface area contributed by atoms with Gasteiger partial charge in [0.2, 0.25) is 5.91 Å². The topological polar surface area (TPSA) is 135 Å². The van der Waals surface area contributed by atoms with Crippen molar-refractivity contribution in [3.8, 4) is 11.1 Å². The molecule has 0 saturated heterocycles. The Morgan fingerprint density at radius 2 is 1.71 bits per heavy atom. The van der Waals surface area contributed by atoms with Gasteiger partial charge in [0.25, 0.3) is 0 Å². The molecular formula is C25H27N5O5. The van der Waals surface area contributed by atoms with E-state index in [0.29, 0.717) is 12.1 Å². The van der Waals surface area contributed by atoms with Crippen LogP contribution in [-0.2, 0) is 27.4 Å². The molecule has 2 amide bonds. The predicted molar refractivity (Wildman–Crippen MR) is 126 cm³/mol. The Morgan fingerprint density at radius 3 is 2.31 bits per heavy atom. The highest BCUT2D eigenvalue weighted by Crippen LogP contribution is 2.44. The van der Waals surface area contributed by atoms with Crippen molar-refractivity contribution in [2.45, 2.75) is 44.8 Å². The zero-order chi connectivity index (χ0) is 25.0. The maximum absolute atomic E-state index is 12.8. The van der Waals surface area contributed by atoms with Gasteiger partial charge >= 0.3 is 12.1 Å². The van der Waals surface area contributed by atoms with Crippen LogP contribution in [0.4, 0.5) is 4.79 Å². The fraction of sp³-hybridized carbons (Fsp3) is 0.320. The second kappa shape index (κ2) is 9.96. The number of aliphatic carboxylic acids is 1. The number of carboxylic acids is 1. The van der Waals surface area contributed by atoms with Gasteiger partial charge < -0.3 is 20.5 Å². The number of benzene rings is 2. The van der Waals surface area contributed by atoms with Gasteiger partial charge in [-0.25, -0.2) is 9.48 Å². The van der Waals surface area contributed by atoms with Gasteiger partial charge in [0.1, 0.15) is 24.4 Å². The molecule has 3 aromatic rings. The molecule has 0 aliphatic heterocycles. The summed E-state index contributed by atoms with van der Waals surface area (Å²) in [5.41, 5.74) is 3.67. The Hall–Kier alpha value is -4.21. The van der Waals surface area contributed by atoms with Crippen LogP contribution in [0.3, 0.4) is 0 Å². The number of carboxylic acid groups (broad SMARTS) is 1. The number of alkyl carbamates (subject to hydrolysis) is 1. The van der Waals surface area contributed by atoms with Gasteiger partial charge in [0.15, 0.2) is 0 Å². The Morgan fingerprint density at radius 1 is 1.09 bits per heavy atom. The number of ether oxygens (including phenoxy) is 1. The zero-order valence-electron chi connectivity index (χ0n) is 19.5. The first-order valence-electron chi connectivity index (χ1n) is 11.3. The maximum Gasteiger partial charge on any atom is 0.408 e. The first-order chi connectivity index (χ1) is 16.8. The van der Waals surface area contributed by atoms with Crippen molar-refractivity contribution in [2.24, 2.45) is 0 Å². The highest BCUT2D eigenvalue weighted by molar-refractivity contribution is 5.89. The number of carbonyl (C=O) groups excluding carboxylic acids is 2. The highest BCUT2D eigenvalue weighted by Gasteiger charge is 2.35. The summed E-state index contributed by atoms with van der Waals surface area (Å²) in [6.45, 7) is 3.27. The minimum atomic E-state index is -1.21. The molecule has 1 heterocycles. The smallest absolute Gasteiger partial charge is 0.408 e. The third-order valence-electron chi connectivity index (χ3n) is 6.24. The van der Waals surface area contributed by atoms with E-state index in [4.69, 9.17) is 9.84 Å². The molecule has 0 saturated carbocycles. The summed E-state index contributed by atoms with van der Waals surface area (Å²) in [5, 5.41) is 21.8. The molecule has 0 spiro atoms. The van der Waals surface area contributed by atoms with Crippen molar-refractivity contribution < 1.29 is 24.2 Å². The fourth-order valence-corrected chi connectivity index (χ4v) is 4.17. The maximum atomic E-state index is 12.8. The van der Waals surface area contributed by atoms with Crippen molar-refractivity contribution in [2.75, 3.05) is 6.61 Å². The predicted octanol–water partition coefficient (Wildman–Crippen LogP) is 2.69. The Balaban J connectivity index is 1.35. The summed E-state index contributed by atoms with van der Waals surface area (Å²) in [6, 6.07) is 16.1. The van der Waals surface area contributed by atoms with Crippen molar-refractivity contribution in [1.82, 2.24) is 25.6 Å². The molecular weight excluding hydrogens is 450 g/mol. The Kier molecular flexibility index (Phi) is 6.81. The lowest BCUT2D eigenvalue weighted by atomic mass is 9.97. The summed E-state index contributed by atoms with van der Waals surface area (Å²) >= 11 is 0. The van der Waals surface area contributed by atoms with E-state index < -0.39 is 23.5 Å². The van der Waals surface area contributed by atoms with Crippen LogP contribution in [0, 0.1) is 0 Å². The minimum Gasteiger partial charge on any atom is -0.480 e. The second-order valence-electron chi connectivity index (χ2n) is 8.62. The van der Waals surface area contributed by atoms with Crippen LogP contribution in [0.1, 0.15) is 43.0 Å². The van der Waals surface area contributed by atoms with Crippen LogP contribution in [0.25, 0.3) is 11.1 Å². The normalized spacial score (nSPS) is 13.9. The monoisotopic (exact) mass is 477 g/mol. The fourth-order valence-electron chi connectivity index (χ4n) is 4.17. The first-order valence-corrected chi connectivity index (χ1v) is 11.3. The van der Waals surface area contributed by atoms with E-state index in [1.165, 1.54) is 6.20 Å². The van der Waals surface area contributed by atoms with Crippen molar-refractivity contribution in [3.05, 3.63) is 71.5 Å². The molecule has 3 N–H and O–H groups in total. The second-order valence-corrected chi connectivity index (χ2v) is 8.62. The first kappa shape index (κ1) is 23.9. The summed E-state index contributed by atoms with van der Waals surface area (Å²) in [7, 11) is 0. The molecule has 1 atom stereocenters. The number of rotatable bonds is 9. The average Bonchev–Trinajstić information content (AvgIpc) is 3.42. The van der Waals surface area contributed by atoms with E-state index in [2.05, 4.69) is 33.1 Å². The van der Waals surface area contributed by atoms with Crippen molar-refractivity contribution >= 4 is 18.0 Å². The zero-order valence-corrected chi connectivity index (χ0v) is 19.5. The van der Waals surface area contributed by atoms with Gasteiger partial charge in [-0.2, -0.15) is 0 Å². The quantitative estimate of drug-likeness (QED) is 0.431. The number of nitrogens with one attached hydrogen (secondary N) is 2. The number of hydrogen-bond donors (Lipinski definition) is 3. The number of hydrogen-bond acceptors (Lipinski definition) is 6. The van der Waals surface area contributed by atoms with Gasteiger partial charge in [-0.1, -0.05) is 60.7 Å². The third kappa shape index (κ3) is 5.16. The van der Waals surface area contributed by atoms with Crippen LogP contribution in [0.15, 0.2) is 54.7 Å². The van der Waals surface area contributed by atoms with E-state index in [-0.39, 0.29) is 25.6 Å². The lowest BCUT2D eigenvalue weighted by Crippen LogP contribution is -2.56. The summed E-state index contributed by atoms with van der Waals surface area (Å²) in [6.07, 6.45) is 1.09. The highest BCUT2D eigenvalue weighted by atomic mass is 16.5. The van der Waals surface area contributed by atoms with E-state index >= 15 is 0 Å². The number of nitrogens with zero attached hydrogens (tertiary/aromatic N) is 3. The molecule has 10 nitrogen and oxygen atoms in total.